The van der Waals surface area contributed by atoms with E-state index in [1.807, 2.05) is 14.0 Å². The third-order valence-electron chi connectivity index (χ3n) is 3.82. The van der Waals surface area contributed by atoms with Gasteiger partial charge in [-0.05, 0) is 52.7 Å². The average molecular weight is 241 g/mol. The molecular weight excluding hydrogens is 214 g/mol. The van der Waals surface area contributed by atoms with E-state index in [-0.39, 0.29) is 5.91 Å². The van der Waals surface area contributed by atoms with E-state index < -0.39 is 0 Å². The lowest BCUT2D eigenvalue weighted by Gasteiger charge is -2.34. The van der Waals surface area contributed by atoms with Crippen LogP contribution in [0.5, 0.6) is 0 Å². The maximum absolute atomic E-state index is 11.4. The molecule has 0 radical (unpaired) electrons. The smallest absolute Gasteiger partial charge is 0.221 e. The molecule has 0 aromatic heterocycles. The van der Waals surface area contributed by atoms with Crippen LogP contribution in [-0.2, 0) is 4.79 Å². The van der Waals surface area contributed by atoms with Gasteiger partial charge in [0, 0.05) is 25.6 Å². The Morgan fingerprint density at radius 3 is 2.59 bits per heavy atom. The monoisotopic (exact) mass is 241 g/mol. The Labute approximate surface area is 105 Å². The number of hydrogen-bond donors (Lipinski definition) is 2. The van der Waals surface area contributed by atoms with Gasteiger partial charge in [0.15, 0.2) is 0 Å². The minimum absolute atomic E-state index is 0.179. The van der Waals surface area contributed by atoms with E-state index in [1.165, 1.54) is 12.8 Å². The topological polar surface area (TPSA) is 44.4 Å². The predicted octanol–water partition coefficient (Wildman–Crippen LogP) is 0.833. The summed E-state index contributed by atoms with van der Waals surface area (Å²) in [7, 11) is 2.03. The standard InChI is InChI=1S/C13H27N3O/c1-4-15-13(17)7-10-16-8-5-12(6-9-16)11(2)14-3/h11-12,14H,4-10H2,1-3H3,(H,15,17). The minimum Gasteiger partial charge on any atom is -0.356 e. The van der Waals surface area contributed by atoms with E-state index in [0.717, 1.165) is 32.1 Å². The first-order valence-corrected chi connectivity index (χ1v) is 6.83. The van der Waals surface area contributed by atoms with Crippen molar-refractivity contribution in [2.75, 3.05) is 33.2 Å². The van der Waals surface area contributed by atoms with Gasteiger partial charge in [0.1, 0.15) is 0 Å². The van der Waals surface area contributed by atoms with Gasteiger partial charge in [-0.3, -0.25) is 4.79 Å². The number of nitrogens with zero attached hydrogens (tertiary/aromatic N) is 1. The quantitative estimate of drug-likeness (QED) is 0.724. The van der Waals surface area contributed by atoms with Gasteiger partial charge < -0.3 is 15.5 Å². The third-order valence-corrected chi connectivity index (χ3v) is 3.82. The van der Waals surface area contributed by atoms with Crippen molar-refractivity contribution in [2.24, 2.45) is 5.92 Å². The SMILES string of the molecule is CCNC(=O)CCN1CCC(C(C)NC)CC1. The summed E-state index contributed by atoms with van der Waals surface area (Å²) in [6.07, 6.45) is 3.13. The number of nitrogens with one attached hydrogen (secondary N) is 2. The number of hydrogen-bond acceptors (Lipinski definition) is 3. The number of piperidine rings is 1. The van der Waals surface area contributed by atoms with E-state index in [2.05, 4.69) is 22.5 Å². The third kappa shape index (κ3) is 5.04. The van der Waals surface area contributed by atoms with E-state index in [0.29, 0.717) is 12.5 Å². The van der Waals surface area contributed by atoms with E-state index in [1.54, 1.807) is 0 Å². The summed E-state index contributed by atoms with van der Waals surface area (Å²) in [5.41, 5.74) is 0. The second-order valence-electron chi connectivity index (χ2n) is 4.96. The van der Waals surface area contributed by atoms with Gasteiger partial charge in [-0.15, -0.1) is 0 Å². The number of likely N-dealkylation sites (tertiary alicyclic amines) is 1. The summed E-state index contributed by atoms with van der Waals surface area (Å²) < 4.78 is 0. The van der Waals surface area contributed by atoms with Crippen molar-refractivity contribution in [3.05, 3.63) is 0 Å². The summed E-state index contributed by atoms with van der Waals surface area (Å²) in [4.78, 5) is 13.8. The highest BCUT2D eigenvalue weighted by Gasteiger charge is 2.22. The molecular formula is C13H27N3O. The highest BCUT2D eigenvalue weighted by molar-refractivity contribution is 5.75. The predicted molar refractivity (Wildman–Crippen MR) is 71.0 cm³/mol. The molecule has 1 unspecified atom stereocenters. The number of amides is 1. The largest absolute Gasteiger partial charge is 0.356 e. The molecule has 1 amide bonds. The lowest BCUT2D eigenvalue weighted by Crippen LogP contribution is -2.42. The maximum atomic E-state index is 11.4. The van der Waals surface area contributed by atoms with Crippen molar-refractivity contribution >= 4 is 5.91 Å². The Kier molecular flexibility index (Phi) is 6.52. The Balaban J connectivity index is 2.17. The van der Waals surface area contributed by atoms with Crippen LogP contribution in [-0.4, -0.2) is 50.1 Å². The molecule has 0 spiro atoms. The van der Waals surface area contributed by atoms with Crippen LogP contribution in [0.25, 0.3) is 0 Å². The van der Waals surface area contributed by atoms with Gasteiger partial charge in [0.05, 0.1) is 0 Å². The molecule has 1 atom stereocenters. The first-order valence-electron chi connectivity index (χ1n) is 6.83. The molecule has 1 rings (SSSR count). The minimum atomic E-state index is 0.179. The van der Waals surface area contributed by atoms with Gasteiger partial charge in [0.25, 0.3) is 0 Å². The van der Waals surface area contributed by atoms with Gasteiger partial charge in [0.2, 0.25) is 5.91 Å². The highest BCUT2D eigenvalue weighted by Crippen LogP contribution is 2.20. The Bertz CT molecular complexity index is 225. The molecule has 1 fully saturated rings. The molecule has 4 heteroatoms. The molecule has 0 aromatic carbocycles. The van der Waals surface area contributed by atoms with Gasteiger partial charge in [-0.25, -0.2) is 0 Å². The second-order valence-corrected chi connectivity index (χ2v) is 4.96. The van der Waals surface area contributed by atoms with Crippen molar-refractivity contribution in [1.82, 2.24) is 15.5 Å². The maximum Gasteiger partial charge on any atom is 0.221 e. The molecule has 100 valence electrons. The lowest BCUT2D eigenvalue weighted by molar-refractivity contribution is -0.121. The fourth-order valence-corrected chi connectivity index (χ4v) is 2.46. The molecule has 1 saturated heterocycles. The number of carbonyl (C=O) groups is 1. The Hall–Kier alpha value is -0.610. The van der Waals surface area contributed by atoms with Crippen molar-refractivity contribution in [3.8, 4) is 0 Å². The summed E-state index contributed by atoms with van der Waals surface area (Å²) in [6, 6.07) is 0.612. The zero-order valence-corrected chi connectivity index (χ0v) is 11.5. The van der Waals surface area contributed by atoms with Gasteiger partial charge >= 0.3 is 0 Å². The second kappa shape index (κ2) is 7.67. The van der Waals surface area contributed by atoms with Crippen LogP contribution in [0.4, 0.5) is 0 Å². The zero-order valence-electron chi connectivity index (χ0n) is 11.5. The van der Waals surface area contributed by atoms with Crippen LogP contribution in [0.3, 0.4) is 0 Å². The van der Waals surface area contributed by atoms with Crippen LogP contribution < -0.4 is 10.6 Å². The fraction of sp³-hybridized carbons (Fsp3) is 0.923. The van der Waals surface area contributed by atoms with E-state index in [4.69, 9.17) is 0 Å². The van der Waals surface area contributed by atoms with Crippen molar-refractivity contribution in [3.63, 3.8) is 0 Å². The van der Waals surface area contributed by atoms with Crippen molar-refractivity contribution in [1.29, 1.82) is 0 Å². The number of rotatable bonds is 6. The summed E-state index contributed by atoms with van der Waals surface area (Å²) in [5, 5.41) is 6.18. The van der Waals surface area contributed by atoms with Crippen molar-refractivity contribution in [2.45, 2.75) is 39.2 Å². The summed E-state index contributed by atoms with van der Waals surface area (Å²) >= 11 is 0. The first kappa shape index (κ1) is 14.5. The molecule has 1 aliphatic rings. The summed E-state index contributed by atoms with van der Waals surface area (Å²) in [6.45, 7) is 8.14. The molecule has 0 bridgehead atoms. The normalized spacial score (nSPS) is 20.2. The van der Waals surface area contributed by atoms with Crippen LogP contribution in [0.2, 0.25) is 0 Å². The van der Waals surface area contributed by atoms with Gasteiger partial charge in [-0.1, -0.05) is 0 Å². The lowest BCUT2D eigenvalue weighted by atomic mass is 9.90. The highest BCUT2D eigenvalue weighted by atomic mass is 16.1. The van der Waals surface area contributed by atoms with Crippen LogP contribution >= 0.6 is 0 Å². The van der Waals surface area contributed by atoms with Crippen molar-refractivity contribution < 1.29 is 4.79 Å². The molecule has 0 aliphatic carbocycles. The van der Waals surface area contributed by atoms with Gasteiger partial charge in [-0.2, -0.15) is 0 Å². The molecule has 1 aliphatic heterocycles. The zero-order chi connectivity index (χ0) is 12.7. The van der Waals surface area contributed by atoms with E-state index >= 15 is 0 Å². The Morgan fingerprint density at radius 1 is 1.41 bits per heavy atom. The fourth-order valence-electron chi connectivity index (χ4n) is 2.46. The van der Waals surface area contributed by atoms with Crippen LogP contribution in [0.1, 0.15) is 33.1 Å². The first-order chi connectivity index (χ1) is 8.17. The van der Waals surface area contributed by atoms with E-state index in [9.17, 15) is 4.79 Å². The molecule has 0 saturated carbocycles. The average Bonchev–Trinajstić information content (AvgIpc) is 2.36. The number of carbonyl (C=O) groups excluding carboxylic acids is 1. The summed E-state index contributed by atoms with van der Waals surface area (Å²) in [5.74, 6) is 0.971. The molecule has 1 heterocycles. The molecule has 4 nitrogen and oxygen atoms in total. The molecule has 17 heavy (non-hydrogen) atoms. The van der Waals surface area contributed by atoms with Crippen LogP contribution in [0, 0.1) is 5.92 Å². The van der Waals surface area contributed by atoms with Crippen LogP contribution in [0.15, 0.2) is 0 Å². The molecule has 0 aromatic rings. The molecule has 2 N–H and O–H groups in total. The Morgan fingerprint density at radius 2 is 2.06 bits per heavy atom.